The van der Waals surface area contributed by atoms with Crippen LogP contribution in [0.2, 0.25) is 0 Å². The first-order valence-electron chi connectivity index (χ1n) is 10.5. The Morgan fingerprint density at radius 1 is 0.897 bits per heavy atom. The van der Waals surface area contributed by atoms with E-state index in [2.05, 4.69) is 22.3 Å². The highest BCUT2D eigenvalue weighted by Crippen LogP contribution is 2.29. The second-order valence-electron chi connectivity index (χ2n) is 8.36. The van der Waals surface area contributed by atoms with Gasteiger partial charge in [0.25, 0.3) is 5.91 Å². The van der Waals surface area contributed by atoms with Crippen molar-refractivity contribution in [2.45, 2.75) is 50.9 Å². The Morgan fingerprint density at radius 2 is 1.55 bits per heavy atom. The van der Waals surface area contributed by atoms with Gasteiger partial charge in [0, 0.05) is 30.7 Å². The molecule has 1 N–H and O–H groups in total. The summed E-state index contributed by atoms with van der Waals surface area (Å²) in [6.45, 7) is 1.77. The largest absolute Gasteiger partial charge is 0.349 e. The number of carbonyl (C=O) groups is 2. The molecule has 0 heterocycles. The van der Waals surface area contributed by atoms with E-state index in [1.807, 2.05) is 54.4 Å². The topological polar surface area (TPSA) is 52.7 Å². The van der Waals surface area contributed by atoms with Crippen molar-refractivity contribution >= 4 is 11.8 Å². The first-order valence-corrected chi connectivity index (χ1v) is 10.5. The number of hydrogen-bond donors (Lipinski definition) is 1. The maximum atomic E-state index is 13.0. The number of rotatable bonds is 9. The average Bonchev–Trinajstić information content (AvgIpc) is 3.62. The van der Waals surface area contributed by atoms with Gasteiger partial charge in [-0.05, 0) is 56.0 Å². The lowest BCUT2D eigenvalue weighted by Gasteiger charge is -2.26. The summed E-state index contributed by atoms with van der Waals surface area (Å²) in [5.74, 6) is 0.165. The third-order valence-corrected chi connectivity index (χ3v) is 5.49. The van der Waals surface area contributed by atoms with E-state index in [9.17, 15) is 9.59 Å². The Kier molecular flexibility index (Phi) is 5.95. The molecule has 2 aromatic carbocycles. The molecule has 0 saturated heterocycles. The SMILES string of the molecule is CN(CC(=O)N(Cc1ccc(C(=O)NC2CC2)cc1)C1CC1)Cc1ccccc1. The zero-order chi connectivity index (χ0) is 20.2. The second kappa shape index (κ2) is 8.78. The van der Waals surface area contributed by atoms with Gasteiger partial charge in [-0.1, -0.05) is 42.5 Å². The van der Waals surface area contributed by atoms with Gasteiger partial charge < -0.3 is 10.2 Å². The molecule has 0 spiro atoms. The minimum Gasteiger partial charge on any atom is -0.349 e. The van der Waals surface area contributed by atoms with Crippen molar-refractivity contribution in [3.05, 3.63) is 71.3 Å². The molecular weight excluding hydrogens is 362 g/mol. The molecule has 0 aromatic heterocycles. The van der Waals surface area contributed by atoms with Crippen LogP contribution < -0.4 is 5.32 Å². The van der Waals surface area contributed by atoms with E-state index in [-0.39, 0.29) is 11.8 Å². The molecule has 4 rings (SSSR count). The molecule has 2 aliphatic rings. The third kappa shape index (κ3) is 5.67. The van der Waals surface area contributed by atoms with Gasteiger partial charge in [-0.3, -0.25) is 14.5 Å². The van der Waals surface area contributed by atoms with Crippen LogP contribution in [0.15, 0.2) is 54.6 Å². The van der Waals surface area contributed by atoms with E-state index < -0.39 is 0 Å². The molecule has 2 amide bonds. The zero-order valence-electron chi connectivity index (χ0n) is 17.0. The minimum atomic E-state index is -0.00304. The van der Waals surface area contributed by atoms with Crippen molar-refractivity contribution in [2.24, 2.45) is 0 Å². The fraction of sp³-hybridized carbons (Fsp3) is 0.417. The highest BCUT2D eigenvalue weighted by atomic mass is 16.2. The van der Waals surface area contributed by atoms with Crippen molar-refractivity contribution in [2.75, 3.05) is 13.6 Å². The van der Waals surface area contributed by atoms with Crippen LogP contribution in [0.3, 0.4) is 0 Å². The summed E-state index contributed by atoms with van der Waals surface area (Å²) in [5.41, 5.74) is 2.97. The van der Waals surface area contributed by atoms with Crippen molar-refractivity contribution < 1.29 is 9.59 Å². The summed E-state index contributed by atoms with van der Waals surface area (Å²) >= 11 is 0. The van der Waals surface area contributed by atoms with Gasteiger partial charge in [-0.25, -0.2) is 0 Å². The monoisotopic (exact) mass is 391 g/mol. The number of hydrogen-bond acceptors (Lipinski definition) is 3. The van der Waals surface area contributed by atoms with Gasteiger partial charge in [0.05, 0.1) is 6.54 Å². The van der Waals surface area contributed by atoms with E-state index in [0.29, 0.717) is 30.7 Å². The highest BCUT2D eigenvalue weighted by molar-refractivity contribution is 5.94. The number of benzene rings is 2. The Morgan fingerprint density at radius 3 is 2.17 bits per heavy atom. The first kappa shape index (κ1) is 19.6. The Labute approximate surface area is 172 Å². The zero-order valence-corrected chi connectivity index (χ0v) is 17.0. The summed E-state index contributed by atoms with van der Waals surface area (Å²) in [6.07, 6.45) is 4.33. The maximum Gasteiger partial charge on any atom is 0.251 e. The predicted molar refractivity (Wildman–Crippen MR) is 113 cm³/mol. The Balaban J connectivity index is 1.33. The molecule has 29 heavy (non-hydrogen) atoms. The molecule has 2 aromatic rings. The third-order valence-electron chi connectivity index (χ3n) is 5.49. The fourth-order valence-electron chi connectivity index (χ4n) is 3.53. The Bertz CT molecular complexity index is 842. The summed E-state index contributed by atoms with van der Waals surface area (Å²) in [5, 5.41) is 3.01. The standard InChI is InChI=1S/C24H29N3O2/c1-26(15-18-5-3-2-4-6-18)17-23(28)27(22-13-14-22)16-19-7-9-20(10-8-19)24(29)25-21-11-12-21/h2-10,21-22H,11-17H2,1H3,(H,25,29). The van der Waals surface area contributed by atoms with Crippen molar-refractivity contribution in [1.82, 2.24) is 15.1 Å². The lowest BCUT2D eigenvalue weighted by molar-refractivity contribution is -0.133. The van der Waals surface area contributed by atoms with E-state index >= 15 is 0 Å². The smallest absolute Gasteiger partial charge is 0.251 e. The van der Waals surface area contributed by atoms with Gasteiger partial charge in [-0.15, -0.1) is 0 Å². The summed E-state index contributed by atoms with van der Waals surface area (Å²) < 4.78 is 0. The lowest BCUT2D eigenvalue weighted by Crippen LogP contribution is -2.39. The van der Waals surface area contributed by atoms with Gasteiger partial charge in [0.2, 0.25) is 5.91 Å². The van der Waals surface area contributed by atoms with E-state index in [1.165, 1.54) is 5.56 Å². The maximum absolute atomic E-state index is 13.0. The van der Waals surface area contributed by atoms with Gasteiger partial charge >= 0.3 is 0 Å². The van der Waals surface area contributed by atoms with Crippen LogP contribution >= 0.6 is 0 Å². The summed E-state index contributed by atoms with van der Waals surface area (Å²) in [6, 6.07) is 18.6. The minimum absolute atomic E-state index is 0.00304. The highest BCUT2D eigenvalue weighted by Gasteiger charge is 2.32. The van der Waals surface area contributed by atoms with Crippen LogP contribution in [0, 0.1) is 0 Å². The van der Waals surface area contributed by atoms with Crippen LogP contribution in [0.25, 0.3) is 0 Å². The average molecular weight is 392 g/mol. The molecule has 0 bridgehead atoms. The predicted octanol–water partition coefficient (Wildman–Crippen LogP) is 3.20. The summed E-state index contributed by atoms with van der Waals surface area (Å²) in [7, 11) is 1.99. The van der Waals surface area contributed by atoms with Crippen LogP contribution in [0.4, 0.5) is 0 Å². The number of likely N-dealkylation sites (N-methyl/N-ethyl adjacent to an activating group) is 1. The molecule has 152 valence electrons. The normalized spacial score (nSPS) is 15.9. The van der Waals surface area contributed by atoms with Crippen LogP contribution in [0.1, 0.15) is 47.2 Å². The van der Waals surface area contributed by atoms with Crippen molar-refractivity contribution in [3.8, 4) is 0 Å². The molecular formula is C24H29N3O2. The fourth-order valence-corrected chi connectivity index (χ4v) is 3.53. The van der Waals surface area contributed by atoms with Gasteiger partial charge in [0.15, 0.2) is 0 Å². The Hall–Kier alpha value is -2.66. The van der Waals surface area contributed by atoms with Gasteiger partial charge in [0.1, 0.15) is 0 Å². The number of nitrogens with one attached hydrogen (secondary N) is 1. The van der Waals surface area contributed by atoms with Crippen LogP contribution in [-0.4, -0.2) is 47.3 Å². The van der Waals surface area contributed by atoms with E-state index in [0.717, 1.165) is 37.8 Å². The molecule has 0 aliphatic heterocycles. The molecule has 0 atom stereocenters. The quantitative estimate of drug-likeness (QED) is 0.714. The van der Waals surface area contributed by atoms with Crippen molar-refractivity contribution in [1.29, 1.82) is 0 Å². The molecule has 2 fully saturated rings. The number of nitrogens with zero attached hydrogens (tertiary/aromatic N) is 2. The van der Waals surface area contributed by atoms with E-state index in [4.69, 9.17) is 0 Å². The van der Waals surface area contributed by atoms with Crippen LogP contribution in [0.5, 0.6) is 0 Å². The number of carbonyl (C=O) groups excluding carboxylic acids is 2. The molecule has 0 unspecified atom stereocenters. The lowest BCUT2D eigenvalue weighted by atomic mass is 10.1. The number of amides is 2. The summed E-state index contributed by atoms with van der Waals surface area (Å²) in [4.78, 5) is 29.2. The van der Waals surface area contributed by atoms with Gasteiger partial charge in [-0.2, -0.15) is 0 Å². The molecule has 0 radical (unpaired) electrons. The molecule has 2 saturated carbocycles. The second-order valence-corrected chi connectivity index (χ2v) is 8.36. The van der Waals surface area contributed by atoms with Crippen molar-refractivity contribution in [3.63, 3.8) is 0 Å². The van der Waals surface area contributed by atoms with Crippen LogP contribution in [-0.2, 0) is 17.9 Å². The van der Waals surface area contributed by atoms with E-state index in [1.54, 1.807) is 0 Å². The molecule has 5 heteroatoms. The first-order chi connectivity index (χ1) is 14.1. The molecule has 2 aliphatic carbocycles. The molecule has 5 nitrogen and oxygen atoms in total.